The zero-order valence-corrected chi connectivity index (χ0v) is 23.3. The van der Waals surface area contributed by atoms with Crippen LogP contribution in [0.2, 0.25) is 0 Å². The Hall–Kier alpha value is -1.78. The molecule has 5 heteroatoms. The zero-order chi connectivity index (χ0) is 25.7. The van der Waals surface area contributed by atoms with Gasteiger partial charge in [-0.3, -0.25) is 0 Å². The van der Waals surface area contributed by atoms with Crippen LogP contribution in [-0.2, 0) is 6.42 Å². The maximum atomic E-state index is 10.9. The summed E-state index contributed by atoms with van der Waals surface area (Å²) >= 11 is 0. The lowest BCUT2D eigenvalue weighted by molar-refractivity contribution is 0.222. The first-order chi connectivity index (χ1) is 17.1. The van der Waals surface area contributed by atoms with Gasteiger partial charge in [-0.25, -0.2) is 0 Å². The number of ether oxygens (including phenoxy) is 3. The van der Waals surface area contributed by atoms with Gasteiger partial charge in [-0.2, -0.15) is 0 Å². The Balaban J connectivity index is 3.06. The van der Waals surface area contributed by atoms with E-state index in [-0.39, 0.29) is 17.2 Å². The molecule has 1 rings (SSSR count). The van der Waals surface area contributed by atoms with Crippen molar-refractivity contribution in [2.75, 3.05) is 19.8 Å². The van der Waals surface area contributed by atoms with E-state index in [2.05, 4.69) is 27.7 Å². The molecule has 0 spiro atoms. The van der Waals surface area contributed by atoms with Crippen molar-refractivity contribution in [1.82, 2.24) is 0 Å². The van der Waals surface area contributed by atoms with Gasteiger partial charge in [-0.15, -0.1) is 0 Å². The van der Waals surface area contributed by atoms with Gasteiger partial charge in [0.05, 0.1) is 19.8 Å². The van der Waals surface area contributed by atoms with Gasteiger partial charge < -0.3 is 24.4 Å². The Kier molecular flexibility index (Phi) is 18.2. The highest BCUT2D eigenvalue weighted by Gasteiger charge is 2.27. The second-order valence-electron chi connectivity index (χ2n) is 9.70. The third-order valence-electron chi connectivity index (χ3n) is 6.39. The maximum absolute atomic E-state index is 10.9. The monoisotopic (exact) mass is 494 g/mol. The maximum Gasteiger partial charge on any atom is 0.211 e. The first kappa shape index (κ1) is 31.3. The third-order valence-corrected chi connectivity index (χ3v) is 6.39. The lowest BCUT2D eigenvalue weighted by Crippen LogP contribution is -2.09. The molecule has 204 valence electrons. The van der Waals surface area contributed by atoms with Gasteiger partial charge in [-0.1, -0.05) is 111 Å². The largest absolute Gasteiger partial charge is 0.504 e. The van der Waals surface area contributed by atoms with Gasteiger partial charge in [0, 0.05) is 5.56 Å². The van der Waals surface area contributed by atoms with Crippen molar-refractivity contribution in [3.8, 4) is 28.7 Å². The van der Waals surface area contributed by atoms with Crippen LogP contribution in [-0.4, -0.2) is 30.0 Å². The van der Waals surface area contributed by atoms with Crippen LogP contribution in [0.25, 0.3) is 0 Å². The van der Waals surface area contributed by atoms with Gasteiger partial charge in [0.15, 0.2) is 11.5 Å². The fourth-order valence-electron chi connectivity index (χ4n) is 4.24. The van der Waals surface area contributed by atoms with Crippen molar-refractivity contribution in [1.29, 1.82) is 0 Å². The normalized spacial score (nSPS) is 11.1. The van der Waals surface area contributed by atoms with E-state index in [9.17, 15) is 10.2 Å². The zero-order valence-electron chi connectivity index (χ0n) is 23.3. The average Bonchev–Trinajstić information content (AvgIpc) is 2.86. The minimum absolute atomic E-state index is 0.135. The van der Waals surface area contributed by atoms with Crippen LogP contribution >= 0.6 is 0 Å². The highest BCUT2D eigenvalue weighted by atomic mass is 16.5. The highest BCUT2D eigenvalue weighted by Crippen LogP contribution is 2.53. The van der Waals surface area contributed by atoms with E-state index in [1.54, 1.807) is 0 Å². The van der Waals surface area contributed by atoms with E-state index >= 15 is 0 Å². The summed E-state index contributed by atoms with van der Waals surface area (Å²) in [5.74, 6) is 0.878. The molecule has 0 saturated heterocycles. The summed E-state index contributed by atoms with van der Waals surface area (Å²) in [6.07, 6.45) is 18.5. The number of benzene rings is 1. The molecule has 35 heavy (non-hydrogen) atoms. The third kappa shape index (κ3) is 12.1. The second-order valence-corrected chi connectivity index (χ2v) is 9.70. The Morgan fingerprint density at radius 3 is 1.26 bits per heavy atom. The van der Waals surface area contributed by atoms with Gasteiger partial charge in [0.1, 0.15) is 0 Å². The number of aromatic hydroxyl groups is 2. The lowest BCUT2D eigenvalue weighted by Gasteiger charge is -2.22. The van der Waals surface area contributed by atoms with Crippen LogP contribution in [0.4, 0.5) is 0 Å². The number of hydrogen-bond donors (Lipinski definition) is 2. The Bertz CT molecular complexity index is 659. The molecule has 0 aliphatic rings. The molecule has 0 saturated carbocycles. The molecule has 0 aliphatic carbocycles. The Morgan fingerprint density at radius 1 is 0.429 bits per heavy atom. The summed E-state index contributed by atoms with van der Waals surface area (Å²) in [5, 5.41) is 21.7. The van der Waals surface area contributed by atoms with Crippen molar-refractivity contribution >= 4 is 0 Å². The summed E-state index contributed by atoms with van der Waals surface area (Å²) < 4.78 is 18.5. The van der Waals surface area contributed by atoms with Crippen molar-refractivity contribution in [3.63, 3.8) is 0 Å². The SMILES string of the molecule is CCCCCCCOc1c(O)c(O)c(CCC)c(OCCCCCCC)c1OCCCCCCC. The number of rotatable bonds is 23. The molecule has 0 radical (unpaired) electrons. The molecule has 0 bridgehead atoms. The van der Waals surface area contributed by atoms with Crippen molar-refractivity contribution in [2.45, 2.75) is 137 Å². The van der Waals surface area contributed by atoms with E-state index in [0.29, 0.717) is 43.3 Å². The molecule has 0 unspecified atom stereocenters. The topological polar surface area (TPSA) is 68.2 Å². The lowest BCUT2D eigenvalue weighted by atomic mass is 10.0. The predicted octanol–water partition coefficient (Wildman–Crippen LogP) is 9.10. The van der Waals surface area contributed by atoms with Crippen LogP contribution in [0.15, 0.2) is 0 Å². The minimum atomic E-state index is -0.224. The van der Waals surface area contributed by atoms with Crippen molar-refractivity contribution in [2.24, 2.45) is 0 Å². The molecule has 1 aromatic rings. The summed E-state index contributed by atoms with van der Waals surface area (Å²) in [4.78, 5) is 0. The molecule has 0 fully saturated rings. The first-order valence-electron chi connectivity index (χ1n) is 14.6. The van der Waals surface area contributed by atoms with Gasteiger partial charge in [-0.05, 0) is 25.7 Å². The van der Waals surface area contributed by atoms with E-state index in [0.717, 1.165) is 44.9 Å². The molecule has 5 nitrogen and oxygen atoms in total. The smallest absolute Gasteiger partial charge is 0.211 e. The van der Waals surface area contributed by atoms with E-state index in [1.165, 1.54) is 57.8 Å². The molecular weight excluding hydrogens is 440 g/mol. The molecule has 0 atom stereocenters. The van der Waals surface area contributed by atoms with Crippen LogP contribution in [0.5, 0.6) is 28.7 Å². The highest BCUT2D eigenvalue weighted by molar-refractivity contribution is 5.69. The Morgan fingerprint density at radius 2 is 0.829 bits per heavy atom. The summed E-state index contributed by atoms with van der Waals surface area (Å²) in [7, 11) is 0. The molecule has 1 aromatic carbocycles. The molecule has 0 heterocycles. The van der Waals surface area contributed by atoms with E-state index in [4.69, 9.17) is 14.2 Å². The average molecular weight is 495 g/mol. The fourth-order valence-corrected chi connectivity index (χ4v) is 4.24. The van der Waals surface area contributed by atoms with Gasteiger partial charge in [0.2, 0.25) is 17.2 Å². The van der Waals surface area contributed by atoms with Crippen LogP contribution in [0.3, 0.4) is 0 Å². The number of hydrogen-bond acceptors (Lipinski definition) is 5. The first-order valence-corrected chi connectivity index (χ1v) is 14.6. The predicted molar refractivity (Wildman–Crippen MR) is 147 cm³/mol. The van der Waals surface area contributed by atoms with E-state index < -0.39 is 0 Å². The van der Waals surface area contributed by atoms with Crippen molar-refractivity contribution in [3.05, 3.63) is 5.56 Å². The molecule has 0 aromatic heterocycles. The molecule has 2 N–H and O–H groups in total. The fraction of sp³-hybridized carbons (Fsp3) is 0.800. The quantitative estimate of drug-likeness (QED) is 0.117. The van der Waals surface area contributed by atoms with Gasteiger partial charge >= 0.3 is 0 Å². The standard InChI is InChI=1S/C30H54O5/c1-5-9-12-15-18-22-33-28-25(21-8-4)26(31)27(32)29(34-23-19-16-13-10-6-2)30(28)35-24-20-17-14-11-7-3/h31-32H,5-24H2,1-4H3. The molecular formula is C30H54O5. The van der Waals surface area contributed by atoms with Crippen molar-refractivity contribution < 1.29 is 24.4 Å². The van der Waals surface area contributed by atoms with E-state index in [1.807, 2.05) is 0 Å². The van der Waals surface area contributed by atoms with Crippen LogP contribution in [0, 0.1) is 0 Å². The summed E-state index contributed by atoms with van der Waals surface area (Å²) in [5.41, 5.74) is 0.620. The minimum Gasteiger partial charge on any atom is -0.504 e. The molecule has 0 amide bonds. The summed E-state index contributed by atoms with van der Waals surface area (Å²) in [6.45, 7) is 10.3. The second kappa shape index (κ2) is 20.4. The number of phenolic OH excluding ortho intramolecular Hbond substituents is 2. The van der Waals surface area contributed by atoms with Crippen LogP contribution in [0.1, 0.15) is 136 Å². The van der Waals surface area contributed by atoms with Gasteiger partial charge in [0.25, 0.3) is 0 Å². The number of unbranched alkanes of at least 4 members (excludes halogenated alkanes) is 12. The van der Waals surface area contributed by atoms with Crippen LogP contribution < -0.4 is 14.2 Å². The molecule has 0 aliphatic heterocycles. The Labute approximate surface area is 215 Å². The summed E-state index contributed by atoms with van der Waals surface area (Å²) in [6, 6.07) is 0. The number of phenols is 2.